The molecule has 0 unspecified atom stereocenters. The van der Waals surface area contributed by atoms with Crippen molar-refractivity contribution in [2.75, 3.05) is 4.90 Å². The van der Waals surface area contributed by atoms with Crippen LogP contribution >= 0.6 is 0 Å². The molecule has 0 amide bonds. The Morgan fingerprint density at radius 2 is 1.09 bits per heavy atom. The number of rotatable bonds is 4. The van der Waals surface area contributed by atoms with Gasteiger partial charge in [0, 0.05) is 38.6 Å². The van der Waals surface area contributed by atoms with Crippen LogP contribution in [0.5, 0.6) is 0 Å². The summed E-state index contributed by atoms with van der Waals surface area (Å²) in [4.78, 5) is 2.40. The second-order valence-corrected chi connectivity index (χ2v) is 11.0. The Hall–Kier alpha value is -5.80. The third-order valence-corrected chi connectivity index (χ3v) is 8.53. The van der Waals surface area contributed by atoms with E-state index in [9.17, 15) is 0 Å². The fraction of sp³-hybridized carbons (Fsp3) is 0. The lowest BCUT2D eigenvalue weighted by molar-refractivity contribution is 0.669. The number of nitrogens with zero attached hydrogens (tertiary/aromatic N) is 2. The maximum atomic E-state index is 6.47. The highest BCUT2D eigenvalue weighted by Gasteiger charge is 2.23. The molecule has 9 aromatic rings. The maximum Gasteiger partial charge on any atom is 0.138 e. The predicted octanol–water partition coefficient (Wildman–Crippen LogP) is 11.3. The van der Waals surface area contributed by atoms with Crippen LogP contribution in [0.2, 0.25) is 0 Å². The summed E-state index contributed by atoms with van der Waals surface area (Å²) in [5.74, 6) is 0. The molecule has 0 aliphatic carbocycles. The van der Waals surface area contributed by atoms with E-state index in [0.29, 0.717) is 0 Å². The quantitative estimate of drug-likeness (QED) is 0.217. The van der Waals surface area contributed by atoms with Gasteiger partial charge in [-0.2, -0.15) is 0 Å². The van der Waals surface area contributed by atoms with Crippen LogP contribution in [0, 0.1) is 0 Å². The van der Waals surface area contributed by atoms with Crippen molar-refractivity contribution in [3.63, 3.8) is 0 Å². The van der Waals surface area contributed by atoms with Gasteiger partial charge in [-0.15, -0.1) is 0 Å². The Bertz CT molecular complexity index is 2450. The molecule has 9 rings (SSSR count). The highest BCUT2D eigenvalue weighted by molar-refractivity contribution is 6.22. The summed E-state index contributed by atoms with van der Waals surface area (Å²) < 4.78 is 8.84. The maximum absolute atomic E-state index is 6.47. The number of para-hydroxylation sites is 4. The average Bonchev–Trinajstić information content (AvgIpc) is 3.61. The second-order valence-electron chi connectivity index (χ2n) is 11.0. The topological polar surface area (TPSA) is 21.3 Å². The zero-order valence-electron chi connectivity index (χ0n) is 23.3. The Balaban J connectivity index is 1.40. The summed E-state index contributed by atoms with van der Waals surface area (Å²) in [6, 6.07) is 56.0. The summed E-state index contributed by atoms with van der Waals surface area (Å²) in [6.45, 7) is 0. The van der Waals surface area contributed by atoms with Crippen LogP contribution in [0.1, 0.15) is 0 Å². The first-order chi connectivity index (χ1) is 21.3. The number of fused-ring (bicyclic) bond motifs is 7. The van der Waals surface area contributed by atoms with Crippen LogP contribution in [0.3, 0.4) is 0 Å². The van der Waals surface area contributed by atoms with E-state index in [-0.39, 0.29) is 0 Å². The summed E-state index contributed by atoms with van der Waals surface area (Å²) in [5.41, 5.74) is 8.62. The lowest BCUT2D eigenvalue weighted by Gasteiger charge is -2.28. The predicted molar refractivity (Wildman–Crippen MR) is 180 cm³/mol. The molecule has 7 aromatic carbocycles. The molecule has 2 heterocycles. The fourth-order valence-electron chi connectivity index (χ4n) is 6.70. The zero-order chi connectivity index (χ0) is 28.3. The zero-order valence-corrected chi connectivity index (χ0v) is 23.3. The van der Waals surface area contributed by atoms with Crippen molar-refractivity contribution >= 4 is 71.6 Å². The highest BCUT2D eigenvalue weighted by Crippen LogP contribution is 2.48. The minimum atomic E-state index is 0.887. The Kier molecular flexibility index (Phi) is 5.20. The first kappa shape index (κ1) is 23.9. The van der Waals surface area contributed by atoms with Crippen molar-refractivity contribution in [3.05, 3.63) is 158 Å². The molecule has 0 saturated carbocycles. The van der Waals surface area contributed by atoms with E-state index in [0.717, 1.165) is 50.1 Å². The number of benzene rings is 7. The van der Waals surface area contributed by atoms with E-state index in [2.05, 4.69) is 161 Å². The average molecular weight is 551 g/mol. The van der Waals surface area contributed by atoms with Gasteiger partial charge in [-0.25, -0.2) is 0 Å². The van der Waals surface area contributed by atoms with E-state index in [1.165, 1.54) is 27.2 Å². The summed E-state index contributed by atoms with van der Waals surface area (Å²) in [7, 11) is 0. The van der Waals surface area contributed by atoms with Crippen LogP contribution in [0.15, 0.2) is 162 Å². The van der Waals surface area contributed by atoms with E-state index in [1.54, 1.807) is 0 Å². The molecule has 202 valence electrons. The number of hydrogen-bond donors (Lipinski definition) is 0. The van der Waals surface area contributed by atoms with Gasteiger partial charge >= 0.3 is 0 Å². The SMILES string of the molecule is c1ccc(N(c2ccc3c(c2)c2ccccc2n3-c2ccccc2)c2c3ccccc3cc3oc4ccccc4c23)cc1. The lowest BCUT2D eigenvalue weighted by Crippen LogP contribution is -2.11. The first-order valence-electron chi connectivity index (χ1n) is 14.6. The number of anilines is 3. The van der Waals surface area contributed by atoms with Gasteiger partial charge in [-0.3, -0.25) is 0 Å². The van der Waals surface area contributed by atoms with Crippen LogP contribution < -0.4 is 4.90 Å². The van der Waals surface area contributed by atoms with Gasteiger partial charge in [0.25, 0.3) is 0 Å². The van der Waals surface area contributed by atoms with Crippen molar-refractivity contribution in [1.82, 2.24) is 4.57 Å². The van der Waals surface area contributed by atoms with Gasteiger partial charge in [0.15, 0.2) is 0 Å². The largest absolute Gasteiger partial charge is 0.456 e. The molecule has 0 fully saturated rings. The van der Waals surface area contributed by atoms with Crippen molar-refractivity contribution in [3.8, 4) is 5.69 Å². The van der Waals surface area contributed by atoms with Gasteiger partial charge < -0.3 is 13.9 Å². The second kappa shape index (κ2) is 9.37. The number of furan rings is 1. The third-order valence-electron chi connectivity index (χ3n) is 8.53. The summed E-state index contributed by atoms with van der Waals surface area (Å²) >= 11 is 0. The Labute approximate surface area is 248 Å². The third kappa shape index (κ3) is 3.62. The Morgan fingerprint density at radius 3 is 1.93 bits per heavy atom. The van der Waals surface area contributed by atoms with E-state index >= 15 is 0 Å². The molecule has 3 heteroatoms. The molecule has 2 aromatic heterocycles. The molecule has 3 nitrogen and oxygen atoms in total. The van der Waals surface area contributed by atoms with Gasteiger partial charge in [0.2, 0.25) is 0 Å². The number of aromatic nitrogens is 1. The minimum Gasteiger partial charge on any atom is -0.456 e. The summed E-state index contributed by atoms with van der Waals surface area (Å²) in [6.07, 6.45) is 0. The number of hydrogen-bond acceptors (Lipinski definition) is 2. The first-order valence-corrected chi connectivity index (χ1v) is 14.6. The minimum absolute atomic E-state index is 0.887. The van der Waals surface area contributed by atoms with Crippen molar-refractivity contribution < 1.29 is 4.42 Å². The smallest absolute Gasteiger partial charge is 0.138 e. The molecule has 43 heavy (non-hydrogen) atoms. The van der Waals surface area contributed by atoms with E-state index < -0.39 is 0 Å². The van der Waals surface area contributed by atoms with Gasteiger partial charge in [0.1, 0.15) is 11.2 Å². The fourth-order valence-corrected chi connectivity index (χ4v) is 6.70. The molecule has 0 saturated heterocycles. The molecule has 0 bridgehead atoms. The van der Waals surface area contributed by atoms with E-state index in [4.69, 9.17) is 4.42 Å². The molecule has 0 aliphatic rings. The monoisotopic (exact) mass is 550 g/mol. The molecule has 0 radical (unpaired) electrons. The van der Waals surface area contributed by atoms with Gasteiger partial charge in [-0.05, 0) is 66.0 Å². The van der Waals surface area contributed by atoms with Crippen molar-refractivity contribution in [2.45, 2.75) is 0 Å². The van der Waals surface area contributed by atoms with E-state index in [1.807, 2.05) is 6.07 Å². The molecule has 0 atom stereocenters. The van der Waals surface area contributed by atoms with Crippen LogP contribution in [0.4, 0.5) is 17.1 Å². The van der Waals surface area contributed by atoms with Crippen LogP contribution in [0.25, 0.3) is 60.2 Å². The molecule has 0 spiro atoms. The molecular weight excluding hydrogens is 524 g/mol. The normalized spacial score (nSPS) is 11.7. The highest BCUT2D eigenvalue weighted by atomic mass is 16.3. The Morgan fingerprint density at radius 1 is 0.442 bits per heavy atom. The van der Waals surface area contributed by atoms with Crippen molar-refractivity contribution in [2.24, 2.45) is 0 Å². The van der Waals surface area contributed by atoms with Gasteiger partial charge in [0.05, 0.1) is 22.1 Å². The molecule has 0 N–H and O–H groups in total. The lowest BCUT2D eigenvalue weighted by atomic mass is 10.0. The molecule has 0 aliphatic heterocycles. The standard InChI is InChI=1S/C40H26N2O/c1-3-14-28(15-4-1)41(40-31-18-8-7-13-27(31)25-38-39(40)33-20-10-12-22-37(33)43-38)30-23-24-36-34(26-30)32-19-9-11-21-35(32)42(36)29-16-5-2-6-17-29/h1-26H. The summed E-state index contributed by atoms with van der Waals surface area (Å²) in [5, 5.41) is 6.99. The van der Waals surface area contributed by atoms with Crippen LogP contribution in [-0.4, -0.2) is 4.57 Å². The van der Waals surface area contributed by atoms with Gasteiger partial charge in [-0.1, -0.05) is 97.1 Å². The molecular formula is C40H26N2O. The van der Waals surface area contributed by atoms with Crippen LogP contribution in [-0.2, 0) is 0 Å². The van der Waals surface area contributed by atoms with Crippen molar-refractivity contribution in [1.29, 1.82) is 0 Å².